The van der Waals surface area contributed by atoms with Crippen LogP contribution in [0.4, 0.5) is 0 Å². The van der Waals surface area contributed by atoms with Crippen molar-refractivity contribution >= 4 is 27.4 Å². The van der Waals surface area contributed by atoms with Gasteiger partial charge in [0, 0.05) is 20.9 Å². The Kier molecular flexibility index (Phi) is 5.21. The van der Waals surface area contributed by atoms with E-state index < -0.39 is 0 Å². The molecule has 0 aliphatic carbocycles. The lowest BCUT2D eigenvalue weighted by molar-refractivity contribution is 0.103. The van der Waals surface area contributed by atoms with Gasteiger partial charge in [-0.1, -0.05) is 69.6 Å². The summed E-state index contributed by atoms with van der Waals surface area (Å²) in [7, 11) is 3.43. The number of aryl methyl sites for hydroxylation is 1. The van der Waals surface area contributed by atoms with E-state index in [-0.39, 0.29) is 5.78 Å². The predicted molar refractivity (Wildman–Crippen MR) is 99.2 cm³/mol. The number of ketones is 1. The minimum absolute atomic E-state index is 0.0633. The van der Waals surface area contributed by atoms with Crippen molar-refractivity contribution in [3.05, 3.63) is 95.6 Å². The van der Waals surface area contributed by atoms with Crippen LogP contribution in [0, 0.1) is 6.92 Å². The molecule has 0 unspecified atom stereocenters. The van der Waals surface area contributed by atoms with Crippen molar-refractivity contribution in [3.8, 4) is 0 Å². The SMILES string of the molecule is Cc1ccc(SSc2ccc(C(=O)c3ccccc3)cc2)cc1. The second kappa shape index (κ2) is 7.53. The van der Waals surface area contributed by atoms with Crippen LogP contribution in [0.3, 0.4) is 0 Å². The molecule has 0 heterocycles. The van der Waals surface area contributed by atoms with Gasteiger partial charge in [0.25, 0.3) is 0 Å². The summed E-state index contributed by atoms with van der Waals surface area (Å²) in [6, 6.07) is 25.7. The lowest BCUT2D eigenvalue weighted by atomic mass is 10.0. The third kappa shape index (κ3) is 4.27. The molecule has 114 valence electrons. The van der Waals surface area contributed by atoms with Crippen LogP contribution in [0.15, 0.2) is 88.7 Å². The molecule has 0 saturated heterocycles. The van der Waals surface area contributed by atoms with Gasteiger partial charge in [-0.05, 0) is 43.3 Å². The van der Waals surface area contributed by atoms with E-state index in [0.29, 0.717) is 0 Å². The smallest absolute Gasteiger partial charge is 0.193 e. The summed E-state index contributed by atoms with van der Waals surface area (Å²) in [6.07, 6.45) is 0. The summed E-state index contributed by atoms with van der Waals surface area (Å²) >= 11 is 0. The van der Waals surface area contributed by atoms with Crippen molar-refractivity contribution < 1.29 is 4.79 Å². The lowest BCUT2D eigenvalue weighted by Crippen LogP contribution is -2.00. The van der Waals surface area contributed by atoms with Crippen LogP contribution in [-0.2, 0) is 0 Å². The molecule has 0 bridgehead atoms. The fourth-order valence-electron chi connectivity index (χ4n) is 2.11. The highest BCUT2D eigenvalue weighted by atomic mass is 33.1. The molecule has 1 nitrogen and oxygen atoms in total. The minimum atomic E-state index is 0.0633. The summed E-state index contributed by atoms with van der Waals surface area (Å²) in [4.78, 5) is 14.7. The van der Waals surface area contributed by atoms with Gasteiger partial charge in [-0.2, -0.15) is 0 Å². The zero-order valence-electron chi connectivity index (χ0n) is 12.7. The zero-order chi connectivity index (χ0) is 16.1. The Morgan fingerprint density at radius 3 is 1.70 bits per heavy atom. The average molecular weight is 336 g/mol. The summed E-state index contributed by atoms with van der Waals surface area (Å²) in [6.45, 7) is 2.09. The van der Waals surface area contributed by atoms with Crippen molar-refractivity contribution in [1.82, 2.24) is 0 Å². The van der Waals surface area contributed by atoms with E-state index in [1.807, 2.05) is 54.6 Å². The predicted octanol–water partition coefficient (Wildman–Crippen LogP) is 6.03. The van der Waals surface area contributed by atoms with E-state index in [2.05, 4.69) is 31.2 Å². The average Bonchev–Trinajstić information content (AvgIpc) is 2.62. The van der Waals surface area contributed by atoms with Gasteiger partial charge in [0.15, 0.2) is 5.78 Å². The van der Waals surface area contributed by atoms with Crippen LogP contribution in [-0.4, -0.2) is 5.78 Å². The van der Waals surface area contributed by atoms with Crippen molar-refractivity contribution in [2.24, 2.45) is 0 Å². The fraction of sp³-hybridized carbons (Fsp3) is 0.0500. The normalized spacial score (nSPS) is 10.5. The highest BCUT2D eigenvalue weighted by molar-refractivity contribution is 8.76. The molecular weight excluding hydrogens is 320 g/mol. The maximum Gasteiger partial charge on any atom is 0.193 e. The second-order valence-corrected chi connectivity index (χ2v) is 7.48. The van der Waals surface area contributed by atoms with Crippen LogP contribution in [0.5, 0.6) is 0 Å². The molecule has 0 amide bonds. The highest BCUT2D eigenvalue weighted by Gasteiger charge is 2.08. The minimum Gasteiger partial charge on any atom is -0.289 e. The maximum atomic E-state index is 12.4. The molecular formula is C20H16OS2. The van der Waals surface area contributed by atoms with Crippen LogP contribution in [0.25, 0.3) is 0 Å². The molecule has 0 saturated carbocycles. The summed E-state index contributed by atoms with van der Waals surface area (Å²) in [5, 5.41) is 0. The van der Waals surface area contributed by atoms with Gasteiger partial charge in [-0.25, -0.2) is 0 Å². The maximum absolute atomic E-state index is 12.4. The summed E-state index contributed by atoms with van der Waals surface area (Å²) in [5.74, 6) is 0.0633. The number of rotatable bonds is 5. The summed E-state index contributed by atoms with van der Waals surface area (Å²) in [5.41, 5.74) is 2.71. The van der Waals surface area contributed by atoms with Crippen LogP contribution >= 0.6 is 21.6 Å². The molecule has 0 spiro atoms. The van der Waals surface area contributed by atoms with Gasteiger partial charge in [0.05, 0.1) is 0 Å². The van der Waals surface area contributed by atoms with Gasteiger partial charge in [0.2, 0.25) is 0 Å². The van der Waals surface area contributed by atoms with E-state index >= 15 is 0 Å². The Labute approximate surface area is 144 Å². The van der Waals surface area contributed by atoms with Crippen molar-refractivity contribution in [1.29, 1.82) is 0 Å². The first-order valence-electron chi connectivity index (χ1n) is 7.33. The third-order valence-corrected chi connectivity index (χ3v) is 5.82. The van der Waals surface area contributed by atoms with E-state index in [1.54, 1.807) is 21.6 Å². The van der Waals surface area contributed by atoms with E-state index in [0.717, 1.165) is 16.0 Å². The number of carbonyl (C=O) groups is 1. The first-order valence-corrected chi connectivity index (χ1v) is 9.48. The lowest BCUT2D eigenvalue weighted by Gasteiger charge is -2.04. The Morgan fingerprint density at radius 1 is 0.652 bits per heavy atom. The Balaban J connectivity index is 1.65. The topological polar surface area (TPSA) is 17.1 Å². The van der Waals surface area contributed by atoms with Crippen LogP contribution in [0.1, 0.15) is 21.5 Å². The molecule has 0 aliphatic heterocycles. The quantitative estimate of drug-likeness (QED) is 0.418. The number of hydrogen-bond donors (Lipinski definition) is 0. The van der Waals surface area contributed by atoms with Crippen molar-refractivity contribution in [2.45, 2.75) is 16.7 Å². The molecule has 0 aliphatic rings. The van der Waals surface area contributed by atoms with Crippen LogP contribution in [0.2, 0.25) is 0 Å². The first kappa shape index (κ1) is 15.9. The molecule has 3 rings (SSSR count). The van der Waals surface area contributed by atoms with E-state index in [4.69, 9.17) is 0 Å². The summed E-state index contributed by atoms with van der Waals surface area (Å²) < 4.78 is 0. The molecule has 23 heavy (non-hydrogen) atoms. The van der Waals surface area contributed by atoms with Crippen molar-refractivity contribution in [2.75, 3.05) is 0 Å². The van der Waals surface area contributed by atoms with Gasteiger partial charge in [-0.3, -0.25) is 4.79 Å². The molecule has 0 fully saturated rings. The Hall–Kier alpha value is -1.97. The van der Waals surface area contributed by atoms with Gasteiger partial charge < -0.3 is 0 Å². The Bertz CT molecular complexity index is 778. The number of benzene rings is 3. The highest BCUT2D eigenvalue weighted by Crippen LogP contribution is 2.37. The number of carbonyl (C=O) groups excluding carboxylic acids is 1. The second-order valence-electron chi connectivity index (χ2n) is 5.20. The molecule has 0 radical (unpaired) electrons. The first-order chi connectivity index (χ1) is 11.2. The molecule has 3 aromatic rings. The molecule has 0 N–H and O–H groups in total. The van der Waals surface area contributed by atoms with Gasteiger partial charge in [0.1, 0.15) is 0 Å². The van der Waals surface area contributed by atoms with Gasteiger partial charge >= 0.3 is 0 Å². The molecule has 0 atom stereocenters. The third-order valence-electron chi connectivity index (χ3n) is 3.41. The largest absolute Gasteiger partial charge is 0.289 e. The fourth-order valence-corrected chi connectivity index (χ4v) is 4.04. The van der Waals surface area contributed by atoms with Crippen molar-refractivity contribution in [3.63, 3.8) is 0 Å². The standard InChI is InChI=1S/C20H16OS2/c1-15-7-11-18(12-8-15)22-23-19-13-9-17(10-14-19)20(21)16-5-3-2-4-6-16/h2-14H,1H3. The van der Waals surface area contributed by atoms with E-state index in [1.165, 1.54) is 10.5 Å². The molecule has 0 aromatic heterocycles. The number of hydrogen-bond acceptors (Lipinski definition) is 3. The van der Waals surface area contributed by atoms with Crippen LogP contribution < -0.4 is 0 Å². The molecule has 3 aromatic carbocycles. The van der Waals surface area contributed by atoms with Gasteiger partial charge in [-0.15, -0.1) is 0 Å². The monoisotopic (exact) mass is 336 g/mol. The van der Waals surface area contributed by atoms with E-state index in [9.17, 15) is 4.79 Å². The molecule has 3 heteroatoms. The zero-order valence-corrected chi connectivity index (χ0v) is 14.4. The Morgan fingerprint density at radius 2 is 1.13 bits per heavy atom.